The molecule has 2 aliphatic heterocycles. The van der Waals surface area contributed by atoms with Gasteiger partial charge in [0.25, 0.3) is 0 Å². The number of carbonyl (C=O) groups is 1. The van der Waals surface area contributed by atoms with E-state index in [1.807, 2.05) is 6.07 Å². The number of nitrogens with zero attached hydrogens (tertiary/aromatic N) is 1. The van der Waals surface area contributed by atoms with Crippen LogP contribution < -0.4 is 10.2 Å². The van der Waals surface area contributed by atoms with E-state index in [9.17, 15) is 4.79 Å². The van der Waals surface area contributed by atoms with E-state index in [4.69, 9.17) is 4.74 Å². The molecule has 1 N–H and O–H groups in total. The van der Waals surface area contributed by atoms with Crippen molar-refractivity contribution in [2.24, 2.45) is 0 Å². The van der Waals surface area contributed by atoms with E-state index in [2.05, 4.69) is 34.5 Å². The molecule has 0 spiro atoms. The fourth-order valence-electron chi connectivity index (χ4n) is 3.60. The van der Waals surface area contributed by atoms with Gasteiger partial charge in [-0.05, 0) is 18.4 Å². The molecule has 0 saturated carbocycles. The SMILES string of the molecule is COC(=O)c1sc(N2CCCC2)c2c1NCC2c1ccccc1. The van der Waals surface area contributed by atoms with Crippen molar-refractivity contribution in [2.75, 3.05) is 37.0 Å². The van der Waals surface area contributed by atoms with Crippen molar-refractivity contribution in [2.45, 2.75) is 18.8 Å². The van der Waals surface area contributed by atoms with Crippen LogP contribution in [0.4, 0.5) is 10.7 Å². The van der Waals surface area contributed by atoms with E-state index in [0.29, 0.717) is 10.8 Å². The molecule has 1 fully saturated rings. The second-order valence-corrected chi connectivity index (χ2v) is 7.05. The van der Waals surface area contributed by atoms with Crippen LogP contribution >= 0.6 is 11.3 Å². The highest BCUT2D eigenvalue weighted by molar-refractivity contribution is 7.18. The molecular formula is C18H20N2O2S. The van der Waals surface area contributed by atoms with Gasteiger partial charge in [-0.3, -0.25) is 0 Å². The highest BCUT2D eigenvalue weighted by Crippen LogP contribution is 2.50. The standard InChI is InChI=1S/C18H20N2O2S/c1-22-18(21)16-15-14(17(23-16)20-9-5-6-10-20)13(11-19-15)12-7-3-2-4-8-12/h2-4,7-8,13,19H,5-6,9-11H2,1H3. The van der Waals surface area contributed by atoms with E-state index in [1.54, 1.807) is 11.3 Å². The summed E-state index contributed by atoms with van der Waals surface area (Å²) in [6.45, 7) is 3.00. The van der Waals surface area contributed by atoms with Crippen molar-refractivity contribution in [3.05, 3.63) is 46.3 Å². The van der Waals surface area contributed by atoms with Crippen LogP contribution in [0.3, 0.4) is 0 Å². The van der Waals surface area contributed by atoms with Crippen LogP contribution in [-0.4, -0.2) is 32.7 Å². The molecule has 2 aliphatic rings. The van der Waals surface area contributed by atoms with Crippen molar-refractivity contribution in [1.82, 2.24) is 0 Å². The second-order valence-electron chi connectivity index (χ2n) is 6.05. The summed E-state index contributed by atoms with van der Waals surface area (Å²) in [6.07, 6.45) is 2.45. The Labute approximate surface area is 140 Å². The maximum Gasteiger partial charge on any atom is 0.350 e. The number of esters is 1. The summed E-state index contributed by atoms with van der Waals surface area (Å²) in [6, 6.07) is 10.5. The first-order valence-electron chi connectivity index (χ1n) is 8.08. The van der Waals surface area contributed by atoms with Gasteiger partial charge in [0.1, 0.15) is 4.88 Å². The molecular weight excluding hydrogens is 308 g/mol. The van der Waals surface area contributed by atoms with E-state index in [1.165, 1.54) is 36.1 Å². The monoisotopic (exact) mass is 328 g/mol. The molecule has 1 atom stereocenters. The van der Waals surface area contributed by atoms with E-state index >= 15 is 0 Å². The van der Waals surface area contributed by atoms with Crippen molar-refractivity contribution in [3.8, 4) is 0 Å². The normalized spacial score (nSPS) is 19.5. The lowest BCUT2D eigenvalue weighted by Gasteiger charge is -2.20. The molecule has 1 aromatic carbocycles. The number of nitrogens with one attached hydrogen (secondary N) is 1. The first kappa shape index (κ1) is 14.6. The first-order chi connectivity index (χ1) is 11.3. The van der Waals surface area contributed by atoms with Gasteiger partial charge in [0.05, 0.1) is 17.8 Å². The van der Waals surface area contributed by atoms with Gasteiger partial charge < -0.3 is 15.0 Å². The third-order valence-corrected chi connectivity index (χ3v) is 5.97. The van der Waals surface area contributed by atoms with E-state index < -0.39 is 0 Å². The fraction of sp³-hybridized carbons (Fsp3) is 0.389. The number of thiophene rings is 1. The predicted octanol–water partition coefficient (Wildman–Crippen LogP) is 3.69. The number of rotatable bonds is 3. The van der Waals surface area contributed by atoms with Gasteiger partial charge in [-0.15, -0.1) is 11.3 Å². The third-order valence-electron chi connectivity index (χ3n) is 4.72. The Morgan fingerprint density at radius 1 is 1.26 bits per heavy atom. The van der Waals surface area contributed by atoms with Crippen molar-refractivity contribution >= 4 is 28.0 Å². The summed E-state index contributed by atoms with van der Waals surface area (Å²) < 4.78 is 4.99. The van der Waals surface area contributed by atoms with Gasteiger partial charge in [-0.25, -0.2) is 4.79 Å². The largest absolute Gasteiger partial charge is 0.465 e. The van der Waals surface area contributed by atoms with Gasteiger partial charge in [0, 0.05) is 31.1 Å². The Morgan fingerprint density at radius 3 is 2.70 bits per heavy atom. The number of hydrogen-bond acceptors (Lipinski definition) is 5. The minimum Gasteiger partial charge on any atom is -0.465 e. The van der Waals surface area contributed by atoms with Crippen molar-refractivity contribution in [1.29, 1.82) is 0 Å². The Balaban J connectivity index is 1.82. The molecule has 2 aromatic rings. The smallest absolute Gasteiger partial charge is 0.350 e. The molecule has 1 unspecified atom stereocenters. The maximum atomic E-state index is 12.2. The molecule has 3 heterocycles. The molecule has 120 valence electrons. The third kappa shape index (κ3) is 2.39. The summed E-state index contributed by atoms with van der Waals surface area (Å²) >= 11 is 1.58. The number of hydrogen-bond donors (Lipinski definition) is 1. The summed E-state index contributed by atoms with van der Waals surface area (Å²) in [7, 11) is 1.45. The van der Waals surface area contributed by atoms with Crippen LogP contribution in [0, 0.1) is 0 Å². The van der Waals surface area contributed by atoms with Crippen LogP contribution in [0.1, 0.15) is 39.6 Å². The molecule has 4 rings (SSSR count). The lowest BCUT2D eigenvalue weighted by molar-refractivity contribution is 0.0607. The number of benzene rings is 1. The van der Waals surface area contributed by atoms with Gasteiger partial charge in [0.2, 0.25) is 0 Å². The number of anilines is 2. The minimum absolute atomic E-state index is 0.238. The molecule has 1 aromatic heterocycles. The van der Waals surface area contributed by atoms with Crippen LogP contribution in [-0.2, 0) is 4.74 Å². The summed E-state index contributed by atoms with van der Waals surface area (Å²) in [4.78, 5) is 15.3. The van der Waals surface area contributed by atoms with E-state index in [0.717, 1.165) is 25.3 Å². The van der Waals surface area contributed by atoms with Crippen LogP contribution in [0.15, 0.2) is 30.3 Å². The first-order valence-corrected chi connectivity index (χ1v) is 8.90. The van der Waals surface area contributed by atoms with Gasteiger partial charge in [-0.1, -0.05) is 30.3 Å². The number of carbonyl (C=O) groups excluding carboxylic acids is 1. The molecule has 0 bridgehead atoms. The van der Waals surface area contributed by atoms with Gasteiger partial charge >= 0.3 is 5.97 Å². The second kappa shape index (κ2) is 5.89. The zero-order chi connectivity index (χ0) is 15.8. The van der Waals surface area contributed by atoms with Crippen LogP contribution in [0.25, 0.3) is 0 Å². The van der Waals surface area contributed by atoms with Crippen molar-refractivity contribution < 1.29 is 9.53 Å². The number of fused-ring (bicyclic) bond motifs is 1. The summed E-state index contributed by atoms with van der Waals surface area (Å²) in [5.74, 6) is 0.0642. The highest BCUT2D eigenvalue weighted by atomic mass is 32.1. The Kier molecular flexibility index (Phi) is 3.73. The van der Waals surface area contributed by atoms with E-state index in [-0.39, 0.29) is 5.97 Å². The van der Waals surface area contributed by atoms with Crippen molar-refractivity contribution in [3.63, 3.8) is 0 Å². The molecule has 23 heavy (non-hydrogen) atoms. The zero-order valence-electron chi connectivity index (χ0n) is 13.2. The Hall–Kier alpha value is -2.01. The lowest BCUT2D eigenvalue weighted by atomic mass is 9.94. The van der Waals surface area contributed by atoms with Gasteiger partial charge in [0.15, 0.2) is 0 Å². The number of ether oxygens (including phenoxy) is 1. The summed E-state index contributed by atoms with van der Waals surface area (Å²) in [5.41, 5.74) is 3.56. The molecule has 4 nitrogen and oxygen atoms in total. The molecule has 1 saturated heterocycles. The topological polar surface area (TPSA) is 41.6 Å². The average Bonchev–Trinajstić information content (AvgIpc) is 3.31. The fourth-order valence-corrected chi connectivity index (χ4v) is 4.91. The van der Waals surface area contributed by atoms with Crippen LogP contribution in [0.5, 0.6) is 0 Å². The molecule has 0 aliphatic carbocycles. The maximum absolute atomic E-state index is 12.2. The zero-order valence-corrected chi connectivity index (χ0v) is 14.0. The predicted molar refractivity (Wildman–Crippen MR) is 93.9 cm³/mol. The Bertz CT molecular complexity index is 720. The minimum atomic E-state index is -0.238. The Morgan fingerprint density at radius 2 is 2.00 bits per heavy atom. The van der Waals surface area contributed by atoms with Crippen LogP contribution in [0.2, 0.25) is 0 Å². The average molecular weight is 328 g/mol. The quantitative estimate of drug-likeness (QED) is 0.873. The number of methoxy groups -OCH3 is 1. The molecule has 5 heteroatoms. The molecule has 0 amide bonds. The summed E-state index contributed by atoms with van der Waals surface area (Å²) in [5, 5.41) is 4.71. The lowest BCUT2D eigenvalue weighted by Crippen LogP contribution is -2.18. The highest BCUT2D eigenvalue weighted by Gasteiger charge is 2.36. The molecule has 0 radical (unpaired) electrons. The van der Waals surface area contributed by atoms with Gasteiger partial charge in [-0.2, -0.15) is 0 Å².